The lowest BCUT2D eigenvalue weighted by Gasteiger charge is -2.32. The van der Waals surface area contributed by atoms with Gasteiger partial charge in [0, 0.05) is 18.8 Å². The minimum absolute atomic E-state index is 0.0425. The molecule has 2 N–H and O–H groups in total. The zero-order valence-electron chi connectivity index (χ0n) is 10.8. The fourth-order valence-corrected chi connectivity index (χ4v) is 3.95. The highest BCUT2D eigenvalue weighted by Gasteiger charge is 2.33. The van der Waals surface area contributed by atoms with Crippen molar-refractivity contribution >= 4 is 16.0 Å². The zero-order valence-corrected chi connectivity index (χ0v) is 11.7. The van der Waals surface area contributed by atoms with E-state index in [1.54, 1.807) is 0 Å². The number of aromatic nitrogens is 2. The van der Waals surface area contributed by atoms with Gasteiger partial charge in [-0.3, -0.25) is 9.48 Å². The lowest BCUT2D eigenvalue weighted by atomic mass is 10.1. The number of carboxylic acids is 1. The molecule has 0 saturated carbocycles. The Bertz CT molecular complexity index is 583. The predicted octanol–water partition coefficient (Wildman–Crippen LogP) is -0.497. The third kappa shape index (κ3) is 3.00. The molecule has 1 saturated heterocycles. The van der Waals surface area contributed by atoms with Crippen LogP contribution in [0.5, 0.6) is 0 Å². The summed E-state index contributed by atoms with van der Waals surface area (Å²) in [6.45, 7) is -0.251. The molecule has 8 nitrogen and oxygen atoms in total. The Morgan fingerprint density at radius 3 is 2.85 bits per heavy atom. The van der Waals surface area contributed by atoms with Crippen molar-refractivity contribution in [3.8, 4) is 0 Å². The van der Waals surface area contributed by atoms with Gasteiger partial charge in [0.1, 0.15) is 11.4 Å². The summed E-state index contributed by atoms with van der Waals surface area (Å²) in [5.41, 5.74) is 0. The van der Waals surface area contributed by atoms with Gasteiger partial charge in [0.25, 0.3) is 0 Å². The minimum atomic E-state index is -3.74. The van der Waals surface area contributed by atoms with Gasteiger partial charge >= 0.3 is 5.97 Å². The molecule has 0 spiro atoms. The van der Waals surface area contributed by atoms with Gasteiger partial charge in [-0.25, -0.2) is 8.42 Å². The number of hydrogen-bond acceptors (Lipinski definition) is 5. The molecule has 0 bridgehead atoms. The van der Waals surface area contributed by atoms with E-state index in [1.165, 1.54) is 10.5 Å². The van der Waals surface area contributed by atoms with Crippen molar-refractivity contribution in [2.45, 2.75) is 36.7 Å². The van der Waals surface area contributed by atoms with Gasteiger partial charge < -0.3 is 10.2 Å². The van der Waals surface area contributed by atoms with Crippen molar-refractivity contribution in [1.29, 1.82) is 0 Å². The second-order valence-corrected chi connectivity index (χ2v) is 6.61. The van der Waals surface area contributed by atoms with Gasteiger partial charge in [0.05, 0.1) is 12.8 Å². The summed E-state index contributed by atoms with van der Waals surface area (Å²) in [7, 11) is -3.74. The maximum Gasteiger partial charge on any atom is 0.325 e. The minimum Gasteiger partial charge on any atom is -0.480 e. The van der Waals surface area contributed by atoms with E-state index in [0.29, 0.717) is 13.0 Å². The molecule has 2 heterocycles. The number of rotatable bonds is 5. The smallest absolute Gasteiger partial charge is 0.325 e. The number of carboxylic acid groups (broad SMARTS) is 1. The van der Waals surface area contributed by atoms with Gasteiger partial charge in [0.2, 0.25) is 10.0 Å². The first-order valence-electron chi connectivity index (χ1n) is 6.32. The van der Waals surface area contributed by atoms with E-state index >= 15 is 0 Å². The lowest BCUT2D eigenvalue weighted by Crippen LogP contribution is -2.45. The molecule has 1 aliphatic heterocycles. The van der Waals surface area contributed by atoms with Crippen molar-refractivity contribution in [3.05, 3.63) is 12.4 Å². The van der Waals surface area contributed by atoms with Crippen LogP contribution in [-0.4, -0.2) is 57.9 Å². The molecule has 1 aromatic heterocycles. The van der Waals surface area contributed by atoms with Gasteiger partial charge in [-0.2, -0.15) is 9.40 Å². The normalized spacial score (nSPS) is 20.9. The molecule has 0 aliphatic carbocycles. The van der Waals surface area contributed by atoms with E-state index in [1.807, 2.05) is 0 Å². The van der Waals surface area contributed by atoms with Gasteiger partial charge in [-0.15, -0.1) is 0 Å². The van der Waals surface area contributed by atoms with Crippen LogP contribution in [0.4, 0.5) is 0 Å². The Balaban J connectivity index is 2.24. The molecular weight excluding hydrogens is 286 g/mol. The van der Waals surface area contributed by atoms with E-state index in [2.05, 4.69) is 5.10 Å². The summed E-state index contributed by atoms with van der Waals surface area (Å²) >= 11 is 0. The van der Waals surface area contributed by atoms with Crippen LogP contribution >= 0.6 is 0 Å². The fourth-order valence-electron chi connectivity index (χ4n) is 2.31. The van der Waals surface area contributed by atoms with Crippen LogP contribution in [0.1, 0.15) is 19.3 Å². The number of aliphatic hydroxyl groups excluding tert-OH is 1. The maximum atomic E-state index is 12.5. The largest absolute Gasteiger partial charge is 0.480 e. The van der Waals surface area contributed by atoms with Crippen LogP contribution in [0.25, 0.3) is 0 Å². The van der Waals surface area contributed by atoms with E-state index in [9.17, 15) is 18.3 Å². The number of aliphatic hydroxyl groups is 1. The van der Waals surface area contributed by atoms with Crippen LogP contribution < -0.4 is 0 Å². The average molecular weight is 303 g/mol. The Morgan fingerprint density at radius 1 is 1.45 bits per heavy atom. The summed E-state index contributed by atoms with van der Waals surface area (Å²) in [5, 5.41) is 21.7. The first-order valence-corrected chi connectivity index (χ1v) is 7.76. The van der Waals surface area contributed by atoms with Gasteiger partial charge in [-0.05, 0) is 12.8 Å². The van der Waals surface area contributed by atoms with Crippen LogP contribution in [-0.2, 0) is 21.4 Å². The number of nitrogens with zero attached hydrogens (tertiary/aromatic N) is 3. The van der Waals surface area contributed by atoms with E-state index in [4.69, 9.17) is 5.11 Å². The molecule has 2 rings (SSSR count). The second kappa shape index (κ2) is 5.90. The predicted molar refractivity (Wildman–Crippen MR) is 68.5 cm³/mol. The molecule has 1 aromatic rings. The van der Waals surface area contributed by atoms with Crippen LogP contribution in [0.2, 0.25) is 0 Å². The Labute approximate surface area is 116 Å². The molecule has 0 amide bonds. The van der Waals surface area contributed by atoms with Crippen molar-refractivity contribution in [2.75, 3.05) is 13.2 Å². The number of carbonyl (C=O) groups is 1. The maximum absolute atomic E-state index is 12.5. The van der Waals surface area contributed by atoms with Crippen LogP contribution in [0.15, 0.2) is 17.3 Å². The Kier molecular flexibility index (Phi) is 4.41. The van der Waals surface area contributed by atoms with Crippen LogP contribution in [0, 0.1) is 0 Å². The third-order valence-electron chi connectivity index (χ3n) is 3.30. The molecule has 1 aliphatic rings. The molecule has 1 atom stereocenters. The van der Waals surface area contributed by atoms with Crippen molar-refractivity contribution in [3.63, 3.8) is 0 Å². The average Bonchev–Trinajstić information content (AvgIpc) is 2.87. The lowest BCUT2D eigenvalue weighted by molar-refractivity contribution is -0.137. The zero-order chi connectivity index (χ0) is 14.8. The molecule has 0 radical (unpaired) electrons. The molecule has 112 valence electrons. The van der Waals surface area contributed by atoms with Crippen molar-refractivity contribution < 1.29 is 23.4 Å². The summed E-state index contributed by atoms with van der Waals surface area (Å²) in [6, 6.07) is -0.420. The fraction of sp³-hybridized carbons (Fsp3) is 0.636. The van der Waals surface area contributed by atoms with E-state index < -0.39 is 22.0 Å². The van der Waals surface area contributed by atoms with Gasteiger partial charge in [0.15, 0.2) is 0 Å². The number of piperidine rings is 1. The Hall–Kier alpha value is -1.45. The highest BCUT2D eigenvalue weighted by molar-refractivity contribution is 7.89. The number of aliphatic carboxylic acids is 1. The highest BCUT2D eigenvalue weighted by Crippen LogP contribution is 2.24. The molecular formula is C11H17N3O5S. The number of hydrogen-bond donors (Lipinski definition) is 2. The van der Waals surface area contributed by atoms with E-state index in [0.717, 1.165) is 23.7 Å². The quantitative estimate of drug-likeness (QED) is 0.758. The molecule has 0 aromatic carbocycles. The summed E-state index contributed by atoms with van der Waals surface area (Å²) < 4.78 is 27.3. The highest BCUT2D eigenvalue weighted by atomic mass is 32.2. The Morgan fingerprint density at radius 2 is 2.20 bits per heavy atom. The summed E-state index contributed by atoms with van der Waals surface area (Å²) in [5.74, 6) is -1.09. The first kappa shape index (κ1) is 14.9. The second-order valence-electron chi connectivity index (χ2n) is 4.72. The standard InChI is InChI=1S/C11H17N3O5S/c15-8-9-3-1-2-4-14(9)20(18,19)10-5-12-13(6-10)7-11(16)17/h5-6,9,15H,1-4,7-8H2,(H,16,17). The first-order chi connectivity index (χ1) is 9.45. The monoisotopic (exact) mass is 303 g/mol. The molecule has 9 heteroatoms. The third-order valence-corrected chi connectivity index (χ3v) is 5.20. The number of sulfonamides is 1. The van der Waals surface area contributed by atoms with Crippen molar-refractivity contribution in [1.82, 2.24) is 14.1 Å². The molecule has 1 unspecified atom stereocenters. The molecule has 20 heavy (non-hydrogen) atoms. The van der Waals surface area contributed by atoms with Gasteiger partial charge in [-0.1, -0.05) is 6.42 Å². The summed E-state index contributed by atoms with van der Waals surface area (Å²) in [6.07, 6.45) is 4.60. The van der Waals surface area contributed by atoms with E-state index in [-0.39, 0.29) is 18.0 Å². The topological polar surface area (TPSA) is 113 Å². The van der Waals surface area contributed by atoms with Crippen molar-refractivity contribution in [2.24, 2.45) is 0 Å². The SMILES string of the molecule is O=C(O)Cn1cc(S(=O)(=O)N2CCCCC2CO)cn1. The van der Waals surface area contributed by atoms with Crippen LogP contribution in [0.3, 0.4) is 0 Å². The summed E-state index contributed by atoms with van der Waals surface area (Å²) in [4.78, 5) is 10.5. The molecule has 1 fully saturated rings.